The third-order valence-corrected chi connectivity index (χ3v) is 7.06. The van der Waals surface area contributed by atoms with Crippen LogP contribution in [0.1, 0.15) is 18.4 Å². The number of hydrogen-bond acceptors (Lipinski definition) is 13. The molecule has 0 aromatic heterocycles. The molecule has 0 heterocycles. The summed E-state index contributed by atoms with van der Waals surface area (Å²) in [6, 6.07) is 11.5. The maximum atomic E-state index is 10.5. The van der Waals surface area contributed by atoms with Gasteiger partial charge in [0.2, 0.25) is 0 Å². The molecule has 0 spiro atoms. The Morgan fingerprint density at radius 1 is 0.675 bits per heavy atom. The molecule has 10 N–H and O–H groups in total. The van der Waals surface area contributed by atoms with Gasteiger partial charge in [0.15, 0.2) is 0 Å². The number of fused-ring (bicyclic) bond motifs is 1. The molecule has 2 rings (SSSR count). The fourth-order valence-electron chi connectivity index (χ4n) is 4.20. The molecular formula is C27H43NO11S. The zero-order valence-electron chi connectivity index (χ0n) is 22.2. The number of hydrogen-bond donors (Lipinski definition) is 11. The van der Waals surface area contributed by atoms with Crippen LogP contribution in [0, 0.1) is 0 Å². The molecule has 0 saturated carbocycles. The average molecular weight is 590 g/mol. The van der Waals surface area contributed by atoms with Crippen LogP contribution in [0.4, 0.5) is 0 Å². The molecule has 13 heteroatoms. The van der Waals surface area contributed by atoms with Crippen LogP contribution in [0.25, 0.3) is 10.8 Å². The van der Waals surface area contributed by atoms with Crippen molar-refractivity contribution in [1.29, 1.82) is 0 Å². The van der Waals surface area contributed by atoms with Gasteiger partial charge in [-0.2, -0.15) is 12.6 Å². The highest BCUT2D eigenvalue weighted by molar-refractivity contribution is 7.79. The minimum absolute atomic E-state index is 0.0844. The molecule has 0 aliphatic rings. The van der Waals surface area contributed by atoms with Crippen LogP contribution < -0.4 is 4.74 Å². The normalized spacial score (nSPS) is 18.2. The monoisotopic (exact) mass is 589 g/mol. The van der Waals surface area contributed by atoms with Crippen LogP contribution >= 0.6 is 12.6 Å². The van der Waals surface area contributed by atoms with Crippen LogP contribution in [0.5, 0.6) is 5.75 Å². The van der Waals surface area contributed by atoms with Crippen molar-refractivity contribution >= 4 is 23.4 Å². The first-order valence-electron chi connectivity index (χ1n) is 13.1. The molecule has 8 atom stereocenters. The lowest BCUT2D eigenvalue weighted by atomic mass is 10.0. The number of benzene rings is 2. The molecule has 0 unspecified atom stereocenters. The van der Waals surface area contributed by atoms with Gasteiger partial charge in [0.05, 0.1) is 49.8 Å². The van der Waals surface area contributed by atoms with Crippen LogP contribution in [-0.4, -0.2) is 144 Å². The predicted molar refractivity (Wildman–Crippen MR) is 150 cm³/mol. The van der Waals surface area contributed by atoms with Crippen molar-refractivity contribution in [1.82, 2.24) is 4.90 Å². The lowest BCUT2D eigenvalue weighted by molar-refractivity contribution is -0.0932. The van der Waals surface area contributed by atoms with E-state index in [-0.39, 0.29) is 32.7 Å². The Morgan fingerprint density at radius 2 is 1.32 bits per heavy atom. The molecule has 2 aromatic carbocycles. The Morgan fingerprint density at radius 3 is 1.98 bits per heavy atom. The molecular weight excluding hydrogens is 546 g/mol. The number of thiol groups is 1. The number of aliphatic hydroxyl groups excluding tert-OH is 10. The van der Waals surface area contributed by atoms with E-state index in [1.165, 1.54) is 4.90 Å². The van der Waals surface area contributed by atoms with Gasteiger partial charge < -0.3 is 55.8 Å². The van der Waals surface area contributed by atoms with Crippen LogP contribution in [0.3, 0.4) is 0 Å². The highest BCUT2D eigenvalue weighted by Gasteiger charge is 2.30. The zero-order chi connectivity index (χ0) is 29.8. The number of nitrogens with zero attached hydrogens (tertiary/aromatic N) is 1. The molecule has 0 radical (unpaired) electrons. The van der Waals surface area contributed by atoms with Crippen LogP contribution in [0.15, 0.2) is 36.4 Å². The molecule has 2 aromatic rings. The third kappa shape index (κ3) is 11.0. The molecule has 40 heavy (non-hydrogen) atoms. The Kier molecular flexibility index (Phi) is 15.0. The van der Waals surface area contributed by atoms with Crippen molar-refractivity contribution in [3.8, 4) is 5.75 Å². The summed E-state index contributed by atoms with van der Waals surface area (Å²) in [4.78, 5) is 1.48. The summed E-state index contributed by atoms with van der Waals surface area (Å²) in [6.45, 7) is -1.68. The Bertz CT molecular complexity index is 1000. The van der Waals surface area contributed by atoms with Crippen molar-refractivity contribution in [3.05, 3.63) is 42.0 Å². The van der Waals surface area contributed by atoms with Gasteiger partial charge >= 0.3 is 0 Å². The largest absolute Gasteiger partial charge is 0.492 e. The van der Waals surface area contributed by atoms with E-state index in [9.17, 15) is 40.9 Å². The molecule has 12 nitrogen and oxygen atoms in total. The third-order valence-electron chi connectivity index (χ3n) is 6.70. The van der Waals surface area contributed by atoms with E-state index < -0.39 is 68.5 Å². The summed E-state index contributed by atoms with van der Waals surface area (Å²) in [7, 11) is 0. The van der Waals surface area contributed by atoms with Gasteiger partial charge in [-0.15, -0.1) is 0 Å². The van der Waals surface area contributed by atoms with Gasteiger partial charge in [0.1, 0.15) is 24.6 Å². The van der Waals surface area contributed by atoms with Crippen LogP contribution in [-0.2, 0) is 5.75 Å². The number of ether oxygens (including phenoxy) is 1. The molecule has 0 fully saturated rings. The Balaban J connectivity index is 2.07. The van der Waals surface area contributed by atoms with Crippen molar-refractivity contribution in [2.24, 2.45) is 0 Å². The minimum Gasteiger partial charge on any atom is -0.492 e. The van der Waals surface area contributed by atoms with E-state index in [1.54, 1.807) is 6.07 Å². The Labute approximate surface area is 238 Å². The fourth-order valence-corrected chi connectivity index (χ4v) is 4.40. The van der Waals surface area contributed by atoms with E-state index in [4.69, 9.17) is 14.9 Å². The number of rotatable bonds is 19. The van der Waals surface area contributed by atoms with Gasteiger partial charge in [-0.1, -0.05) is 24.3 Å². The second-order valence-electron chi connectivity index (χ2n) is 9.99. The smallest absolute Gasteiger partial charge is 0.120 e. The van der Waals surface area contributed by atoms with Crippen molar-refractivity contribution < 1.29 is 55.8 Å². The summed E-state index contributed by atoms with van der Waals surface area (Å²) < 4.78 is 5.87. The van der Waals surface area contributed by atoms with Crippen molar-refractivity contribution in [2.45, 2.75) is 67.4 Å². The summed E-state index contributed by atoms with van der Waals surface area (Å²) in [6.07, 6.45) is -12.8. The van der Waals surface area contributed by atoms with E-state index in [0.717, 1.165) is 16.3 Å². The topological polar surface area (TPSA) is 215 Å². The summed E-state index contributed by atoms with van der Waals surface area (Å²) in [5, 5.41) is 101. The first-order chi connectivity index (χ1) is 19.0. The molecule has 0 saturated heterocycles. The summed E-state index contributed by atoms with van der Waals surface area (Å²) in [5.41, 5.74) is 1.05. The van der Waals surface area contributed by atoms with Gasteiger partial charge in [0, 0.05) is 38.2 Å². The standard InChI is InChI=1S/C27H43NO11S/c29-13-19(31)9-23(34)27(38)25(36)12-28(11-24(35)21(32)10-22(33)26(37)14-30)5-6-39-20-4-3-17-2-1-16(15-40)7-18(17)8-20/h1-4,7-8,19,21-27,29-38,40H,5-6,9-15H2/t19-,21-,22-,23+,24-,25-,26+,27-/m0/s1. The molecule has 0 bridgehead atoms. The number of aliphatic hydroxyl groups is 10. The molecule has 0 aliphatic carbocycles. The predicted octanol–water partition coefficient (Wildman–Crippen LogP) is -2.40. The van der Waals surface area contributed by atoms with Gasteiger partial charge in [-0.05, 0) is 28.5 Å². The maximum absolute atomic E-state index is 10.5. The van der Waals surface area contributed by atoms with Gasteiger partial charge in [-0.25, -0.2) is 0 Å². The SMILES string of the molecule is OC[C@@H](O)C[C@@H](O)[C@H](O)[C@@H](O)CN(CCOc1ccc2ccc(CS)cc2c1)C[C@H](O)[C@@H](O)C[C@H](O)[C@H](O)CO. The molecule has 228 valence electrons. The van der Waals surface area contributed by atoms with Gasteiger partial charge in [0.25, 0.3) is 0 Å². The summed E-state index contributed by atoms with van der Waals surface area (Å²) in [5.74, 6) is 1.15. The second-order valence-corrected chi connectivity index (χ2v) is 10.3. The average Bonchev–Trinajstić information content (AvgIpc) is 2.95. The zero-order valence-corrected chi connectivity index (χ0v) is 23.1. The summed E-state index contributed by atoms with van der Waals surface area (Å²) >= 11 is 4.30. The fraction of sp³-hybridized carbons (Fsp3) is 0.630. The highest BCUT2D eigenvalue weighted by Crippen LogP contribution is 2.23. The van der Waals surface area contributed by atoms with Crippen molar-refractivity contribution in [3.63, 3.8) is 0 Å². The molecule has 0 aliphatic heterocycles. The van der Waals surface area contributed by atoms with E-state index in [1.807, 2.05) is 30.3 Å². The lowest BCUT2D eigenvalue weighted by Crippen LogP contribution is -2.50. The van der Waals surface area contributed by atoms with E-state index >= 15 is 0 Å². The van der Waals surface area contributed by atoms with Crippen LogP contribution in [0.2, 0.25) is 0 Å². The second kappa shape index (κ2) is 17.4. The Hall–Kier alpha value is -1.59. The quantitative estimate of drug-likeness (QED) is 0.0774. The maximum Gasteiger partial charge on any atom is 0.120 e. The van der Waals surface area contributed by atoms with E-state index in [0.29, 0.717) is 11.5 Å². The minimum atomic E-state index is -1.69. The van der Waals surface area contributed by atoms with Gasteiger partial charge in [-0.3, -0.25) is 4.90 Å². The highest BCUT2D eigenvalue weighted by atomic mass is 32.1. The lowest BCUT2D eigenvalue weighted by Gasteiger charge is -2.32. The van der Waals surface area contributed by atoms with Crippen molar-refractivity contribution in [2.75, 3.05) is 39.5 Å². The first kappa shape index (κ1) is 34.6. The molecule has 0 amide bonds. The first-order valence-corrected chi connectivity index (χ1v) is 13.8. The van der Waals surface area contributed by atoms with E-state index in [2.05, 4.69) is 12.6 Å².